The summed E-state index contributed by atoms with van der Waals surface area (Å²) in [6.07, 6.45) is 2.53. The highest BCUT2D eigenvalue weighted by Gasteiger charge is 2.19. The highest BCUT2D eigenvalue weighted by molar-refractivity contribution is 14.0. The third-order valence-electron chi connectivity index (χ3n) is 5.00. The van der Waals surface area contributed by atoms with Crippen LogP contribution in [-0.4, -0.2) is 70.0 Å². The van der Waals surface area contributed by atoms with Crippen LogP contribution in [0.15, 0.2) is 23.2 Å². The van der Waals surface area contributed by atoms with E-state index in [0.717, 1.165) is 62.1 Å². The second kappa shape index (κ2) is 14.7. The smallest absolute Gasteiger partial charge is 0.191 e. The number of halogens is 1. The summed E-state index contributed by atoms with van der Waals surface area (Å²) < 4.78 is 16.7. The summed E-state index contributed by atoms with van der Waals surface area (Å²) in [6.45, 7) is 11.4. The molecule has 1 heterocycles. The molecule has 1 aliphatic rings. The monoisotopic (exact) mass is 534 g/mol. The van der Waals surface area contributed by atoms with Gasteiger partial charge in [-0.25, -0.2) is 0 Å². The number of piperidine rings is 1. The first-order valence-electron chi connectivity index (χ1n) is 10.7. The number of aliphatic imine (C=N–C) groups is 1. The van der Waals surface area contributed by atoms with Crippen molar-refractivity contribution < 1.29 is 14.2 Å². The molecule has 0 unspecified atom stereocenters. The summed E-state index contributed by atoms with van der Waals surface area (Å²) in [5.74, 6) is 2.36. The van der Waals surface area contributed by atoms with Crippen molar-refractivity contribution >= 4 is 29.9 Å². The molecule has 1 fully saturated rings. The standard InChI is InChI=1S/C22H38N4O3.HI/c1-6-28-21-15-18(7-8-20(21)27-5)16-24-22(23-4)25-19-9-11-26(12-10-19)13-14-29-17(2)3;/h7-8,15,17,19H,6,9-14,16H2,1-5H3,(H2,23,24,25);1H. The molecule has 1 saturated heterocycles. The van der Waals surface area contributed by atoms with Crippen LogP contribution < -0.4 is 20.1 Å². The van der Waals surface area contributed by atoms with Crippen LogP contribution in [0.3, 0.4) is 0 Å². The quantitative estimate of drug-likeness (QED) is 0.273. The van der Waals surface area contributed by atoms with Crippen LogP contribution in [0, 0.1) is 0 Å². The van der Waals surface area contributed by atoms with E-state index in [1.54, 1.807) is 7.11 Å². The molecule has 0 atom stereocenters. The van der Waals surface area contributed by atoms with E-state index in [9.17, 15) is 0 Å². The third-order valence-corrected chi connectivity index (χ3v) is 5.00. The Morgan fingerprint density at radius 3 is 2.57 bits per heavy atom. The SMILES string of the molecule is CCOc1cc(CNC(=NC)NC2CCN(CCOC(C)C)CC2)ccc1OC.I. The van der Waals surface area contributed by atoms with Gasteiger partial charge < -0.3 is 29.7 Å². The molecule has 0 aliphatic carbocycles. The lowest BCUT2D eigenvalue weighted by Crippen LogP contribution is -2.49. The van der Waals surface area contributed by atoms with Crippen LogP contribution in [0.2, 0.25) is 0 Å². The molecule has 8 heteroatoms. The first-order valence-corrected chi connectivity index (χ1v) is 10.7. The van der Waals surface area contributed by atoms with Crippen LogP contribution in [-0.2, 0) is 11.3 Å². The highest BCUT2D eigenvalue weighted by atomic mass is 127. The zero-order valence-corrected chi connectivity index (χ0v) is 21.4. The predicted molar refractivity (Wildman–Crippen MR) is 133 cm³/mol. The van der Waals surface area contributed by atoms with E-state index in [-0.39, 0.29) is 24.0 Å². The van der Waals surface area contributed by atoms with Gasteiger partial charge >= 0.3 is 0 Å². The zero-order valence-electron chi connectivity index (χ0n) is 19.1. The number of hydrogen-bond acceptors (Lipinski definition) is 5. The van der Waals surface area contributed by atoms with E-state index in [0.29, 0.717) is 25.3 Å². The Labute approximate surface area is 199 Å². The zero-order chi connectivity index (χ0) is 21.1. The molecular formula is C22H39IN4O3. The summed E-state index contributed by atoms with van der Waals surface area (Å²) in [4.78, 5) is 6.86. The van der Waals surface area contributed by atoms with Gasteiger partial charge in [0.2, 0.25) is 0 Å². The van der Waals surface area contributed by atoms with E-state index in [1.165, 1.54) is 0 Å². The van der Waals surface area contributed by atoms with Gasteiger partial charge in [0, 0.05) is 39.3 Å². The van der Waals surface area contributed by atoms with Gasteiger partial charge in [0.1, 0.15) is 0 Å². The molecule has 7 nitrogen and oxygen atoms in total. The number of nitrogens with zero attached hydrogens (tertiary/aromatic N) is 2. The topological polar surface area (TPSA) is 67.4 Å². The molecule has 0 amide bonds. The fraction of sp³-hybridized carbons (Fsp3) is 0.682. The fourth-order valence-electron chi connectivity index (χ4n) is 3.39. The Kier molecular flexibility index (Phi) is 13.1. The molecule has 1 aromatic rings. The van der Waals surface area contributed by atoms with Gasteiger partial charge in [-0.15, -0.1) is 24.0 Å². The van der Waals surface area contributed by atoms with Crippen molar-refractivity contribution in [3.63, 3.8) is 0 Å². The van der Waals surface area contributed by atoms with Crippen molar-refractivity contribution in [2.45, 2.75) is 52.3 Å². The van der Waals surface area contributed by atoms with Crippen LogP contribution >= 0.6 is 24.0 Å². The maximum atomic E-state index is 5.66. The van der Waals surface area contributed by atoms with Crippen molar-refractivity contribution in [1.82, 2.24) is 15.5 Å². The van der Waals surface area contributed by atoms with Gasteiger partial charge in [-0.2, -0.15) is 0 Å². The summed E-state index contributed by atoms with van der Waals surface area (Å²) in [5, 5.41) is 6.96. The molecule has 1 aromatic carbocycles. The molecule has 2 N–H and O–H groups in total. The fourth-order valence-corrected chi connectivity index (χ4v) is 3.39. The number of hydrogen-bond donors (Lipinski definition) is 2. The van der Waals surface area contributed by atoms with E-state index in [1.807, 2.05) is 32.2 Å². The van der Waals surface area contributed by atoms with E-state index in [4.69, 9.17) is 14.2 Å². The minimum absolute atomic E-state index is 0. The molecule has 0 radical (unpaired) electrons. The third kappa shape index (κ3) is 9.26. The molecule has 0 bridgehead atoms. The lowest BCUT2D eigenvalue weighted by Gasteiger charge is -2.33. The average molecular weight is 534 g/mol. The maximum Gasteiger partial charge on any atom is 0.191 e. The molecule has 30 heavy (non-hydrogen) atoms. The highest BCUT2D eigenvalue weighted by Crippen LogP contribution is 2.27. The summed E-state index contributed by atoms with van der Waals surface area (Å²) in [7, 11) is 3.47. The Morgan fingerprint density at radius 1 is 1.23 bits per heavy atom. The van der Waals surface area contributed by atoms with Gasteiger partial charge in [-0.05, 0) is 51.3 Å². The summed E-state index contributed by atoms with van der Waals surface area (Å²) in [5.41, 5.74) is 1.12. The molecule has 1 aliphatic heterocycles. The number of nitrogens with one attached hydrogen (secondary N) is 2. The molecule has 0 spiro atoms. The average Bonchev–Trinajstić information content (AvgIpc) is 2.72. The summed E-state index contributed by atoms with van der Waals surface area (Å²) in [6, 6.07) is 6.44. The first-order chi connectivity index (χ1) is 14.0. The van der Waals surface area contributed by atoms with Gasteiger partial charge in [-0.3, -0.25) is 4.99 Å². The minimum atomic E-state index is 0. The van der Waals surface area contributed by atoms with Crippen molar-refractivity contribution in [3.8, 4) is 11.5 Å². The molecule has 172 valence electrons. The molecule has 0 saturated carbocycles. The molecule has 0 aromatic heterocycles. The Morgan fingerprint density at radius 2 is 1.97 bits per heavy atom. The maximum absolute atomic E-state index is 5.66. The van der Waals surface area contributed by atoms with Crippen LogP contribution in [0.5, 0.6) is 11.5 Å². The summed E-state index contributed by atoms with van der Waals surface area (Å²) >= 11 is 0. The number of rotatable bonds is 10. The number of likely N-dealkylation sites (tertiary alicyclic amines) is 1. The molecule has 2 rings (SSSR count). The van der Waals surface area contributed by atoms with Gasteiger partial charge in [0.15, 0.2) is 17.5 Å². The lowest BCUT2D eigenvalue weighted by molar-refractivity contribution is 0.0532. The van der Waals surface area contributed by atoms with Gasteiger partial charge in [-0.1, -0.05) is 6.07 Å². The Hall–Kier alpha value is -1.26. The van der Waals surface area contributed by atoms with Crippen molar-refractivity contribution in [3.05, 3.63) is 23.8 Å². The van der Waals surface area contributed by atoms with Crippen LogP contribution in [0.4, 0.5) is 0 Å². The van der Waals surface area contributed by atoms with Crippen molar-refractivity contribution in [2.75, 3.05) is 47.0 Å². The second-order valence-corrected chi connectivity index (χ2v) is 7.52. The number of guanidine groups is 1. The van der Waals surface area contributed by atoms with E-state index >= 15 is 0 Å². The van der Waals surface area contributed by atoms with Crippen LogP contribution in [0.25, 0.3) is 0 Å². The van der Waals surface area contributed by atoms with Gasteiger partial charge in [0.05, 0.1) is 26.4 Å². The first kappa shape index (κ1) is 26.8. The van der Waals surface area contributed by atoms with E-state index in [2.05, 4.69) is 34.4 Å². The van der Waals surface area contributed by atoms with Crippen molar-refractivity contribution in [1.29, 1.82) is 0 Å². The number of methoxy groups -OCH3 is 1. The van der Waals surface area contributed by atoms with E-state index < -0.39 is 0 Å². The van der Waals surface area contributed by atoms with Crippen LogP contribution in [0.1, 0.15) is 39.2 Å². The minimum Gasteiger partial charge on any atom is -0.493 e. The van der Waals surface area contributed by atoms with Gasteiger partial charge in [0.25, 0.3) is 0 Å². The lowest BCUT2D eigenvalue weighted by atomic mass is 10.1. The van der Waals surface area contributed by atoms with Crippen molar-refractivity contribution in [2.24, 2.45) is 4.99 Å². The Balaban J connectivity index is 0.00000450. The molecular weight excluding hydrogens is 495 g/mol. The predicted octanol–water partition coefficient (Wildman–Crippen LogP) is 3.27. The number of benzene rings is 1. The largest absolute Gasteiger partial charge is 0.493 e. The second-order valence-electron chi connectivity index (χ2n) is 7.52. The number of ether oxygens (including phenoxy) is 3. The Bertz CT molecular complexity index is 635. The normalized spacial score (nSPS) is 15.6.